The summed E-state index contributed by atoms with van der Waals surface area (Å²) >= 11 is 4.54. The maximum absolute atomic E-state index is 12.8. The Balaban J connectivity index is 1.66. The monoisotopic (exact) mass is 427 g/mol. The Labute approximate surface area is 174 Å². The van der Waals surface area contributed by atoms with Crippen LogP contribution in [-0.4, -0.2) is 26.1 Å². The van der Waals surface area contributed by atoms with Crippen molar-refractivity contribution in [2.45, 2.75) is 37.1 Å². The molecule has 4 aromatic rings. The molecule has 3 heterocycles. The Kier molecular flexibility index (Phi) is 5.38. The second kappa shape index (κ2) is 7.94. The van der Waals surface area contributed by atoms with Gasteiger partial charge in [-0.15, -0.1) is 21.5 Å². The minimum absolute atomic E-state index is 0.203. The summed E-state index contributed by atoms with van der Waals surface area (Å²) < 4.78 is 0. The minimum atomic E-state index is -0.203. The van der Waals surface area contributed by atoms with Crippen molar-refractivity contribution in [3.05, 3.63) is 51.6 Å². The molecule has 1 N–H and O–H groups in total. The molecule has 0 atom stereocenters. The molecule has 1 aromatic carbocycles. The first-order valence-electron chi connectivity index (χ1n) is 8.68. The molecule has 0 bridgehead atoms. The number of anilines is 1. The molecule has 0 aliphatic rings. The quantitative estimate of drug-likeness (QED) is 0.445. The molecule has 0 saturated carbocycles. The van der Waals surface area contributed by atoms with Gasteiger partial charge in [0.2, 0.25) is 5.13 Å². The number of hydrogen-bond donors (Lipinski definition) is 1. The van der Waals surface area contributed by atoms with Crippen LogP contribution in [0.3, 0.4) is 0 Å². The van der Waals surface area contributed by atoms with Crippen LogP contribution in [0.1, 0.15) is 32.7 Å². The molecule has 0 radical (unpaired) electrons. The summed E-state index contributed by atoms with van der Waals surface area (Å²) in [5.74, 6) is -0.203. The van der Waals surface area contributed by atoms with Crippen molar-refractivity contribution in [1.82, 2.24) is 20.2 Å². The highest BCUT2D eigenvalue weighted by molar-refractivity contribution is 7.99. The molecular weight excluding hydrogens is 410 g/mol. The van der Waals surface area contributed by atoms with Crippen LogP contribution >= 0.6 is 34.4 Å². The Morgan fingerprint density at radius 1 is 1.14 bits per heavy atom. The third kappa shape index (κ3) is 3.65. The van der Waals surface area contributed by atoms with Crippen LogP contribution in [0.15, 0.2) is 40.5 Å². The van der Waals surface area contributed by atoms with E-state index >= 15 is 0 Å². The summed E-state index contributed by atoms with van der Waals surface area (Å²) in [5.41, 5.74) is 1.77. The first-order chi connectivity index (χ1) is 13.6. The molecule has 1 amide bonds. The topological polar surface area (TPSA) is 80.7 Å². The predicted molar refractivity (Wildman–Crippen MR) is 115 cm³/mol. The maximum atomic E-state index is 12.8. The van der Waals surface area contributed by atoms with E-state index in [1.807, 2.05) is 31.2 Å². The number of amides is 1. The number of aromatic nitrogens is 4. The zero-order chi connectivity index (χ0) is 19.7. The summed E-state index contributed by atoms with van der Waals surface area (Å²) in [5, 5.41) is 14.3. The van der Waals surface area contributed by atoms with E-state index < -0.39 is 0 Å². The van der Waals surface area contributed by atoms with Crippen LogP contribution in [0.4, 0.5) is 5.13 Å². The molecule has 4 rings (SSSR count). The van der Waals surface area contributed by atoms with E-state index in [0.717, 1.165) is 31.6 Å². The van der Waals surface area contributed by atoms with Crippen molar-refractivity contribution < 1.29 is 4.79 Å². The number of aryl methyl sites for hydroxylation is 3. The van der Waals surface area contributed by atoms with Gasteiger partial charge in [0.05, 0.1) is 5.56 Å². The lowest BCUT2D eigenvalue weighted by Gasteiger charge is -2.09. The second-order valence-electron chi connectivity index (χ2n) is 6.05. The first kappa shape index (κ1) is 19.0. The van der Waals surface area contributed by atoms with Gasteiger partial charge >= 0.3 is 0 Å². The molecule has 9 heteroatoms. The van der Waals surface area contributed by atoms with E-state index in [0.29, 0.717) is 10.7 Å². The lowest BCUT2D eigenvalue weighted by Crippen LogP contribution is -2.12. The Bertz CT molecular complexity index is 1170. The van der Waals surface area contributed by atoms with Crippen molar-refractivity contribution >= 4 is 55.7 Å². The summed E-state index contributed by atoms with van der Waals surface area (Å²) in [6, 6.07) is 7.51. The normalized spacial score (nSPS) is 11.1. The fourth-order valence-electron chi connectivity index (χ4n) is 2.69. The number of nitrogens with one attached hydrogen (secondary N) is 1. The highest BCUT2D eigenvalue weighted by Crippen LogP contribution is 2.38. The van der Waals surface area contributed by atoms with E-state index in [1.165, 1.54) is 33.5 Å². The largest absolute Gasteiger partial charge is 0.296 e. The van der Waals surface area contributed by atoms with Crippen molar-refractivity contribution in [1.29, 1.82) is 0 Å². The van der Waals surface area contributed by atoms with E-state index in [1.54, 1.807) is 17.7 Å². The molecule has 0 aliphatic carbocycles. The van der Waals surface area contributed by atoms with Crippen LogP contribution in [0, 0.1) is 13.8 Å². The van der Waals surface area contributed by atoms with Gasteiger partial charge in [0.25, 0.3) is 5.91 Å². The minimum Gasteiger partial charge on any atom is -0.296 e. The Morgan fingerprint density at radius 2 is 1.96 bits per heavy atom. The van der Waals surface area contributed by atoms with Gasteiger partial charge in [-0.05, 0) is 38.0 Å². The molecule has 0 unspecified atom stereocenters. The SMILES string of the molecule is CCc1nnc(NC(=O)c2ccccc2Sc2ncnc3sc(C)c(C)c23)s1. The van der Waals surface area contributed by atoms with Crippen LogP contribution in [0.25, 0.3) is 10.2 Å². The molecule has 28 heavy (non-hydrogen) atoms. The lowest BCUT2D eigenvalue weighted by molar-refractivity contribution is 0.102. The number of benzene rings is 1. The van der Waals surface area contributed by atoms with Gasteiger partial charge in [0, 0.05) is 15.2 Å². The molecule has 0 fully saturated rings. The second-order valence-corrected chi connectivity index (χ2v) is 9.34. The van der Waals surface area contributed by atoms with Gasteiger partial charge in [0.1, 0.15) is 21.2 Å². The number of fused-ring (bicyclic) bond motifs is 1. The molecule has 0 saturated heterocycles. The molecule has 142 valence electrons. The summed E-state index contributed by atoms with van der Waals surface area (Å²) in [4.78, 5) is 24.7. The molecule has 6 nitrogen and oxygen atoms in total. The van der Waals surface area contributed by atoms with Crippen LogP contribution < -0.4 is 5.32 Å². The zero-order valence-electron chi connectivity index (χ0n) is 15.5. The van der Waals surface area contributed by atoms with E-state index in [9.17, 15) is 4.79 Å². The van der Waals surface area contributed by atoms with E-state index in [2.05, 4.69) is 39.3 Å². The molecule has 0 spiro atoms. The van der Waals surface area contributed by atoms with Crippen LogP contribution in [0.2, 0.25) is 0 Å². The van der Waals surface area contributed by atoms with E-state index in [-0.39, 0.29) is 5.91 Å². The smallest absolute Gasteiger partial charge is 0.258 e. The average Bonchev–Trinajstić information content (AvgIpc) is 3.27. The number of carbonyl (C=O) groups excluding carboxylic acids is 1. The predicted octanol–water partition coefficient (Wildman–Crippen LogP) is 5.13. The summed E-state index contributed by atoms with van der Waals surface area (Å²) in [6.07, 6.45) is 2.37. The van der Waals surface area contributed by atoms with E-state index in [4.69, 9.17) is 0 Å². The number of rotatable bonds is 5. The molecule has 0 aliphatic heterocycles. The van der Waals surface area contributed by atoms with Gasteiger partial charge in [-0.25, -0.2) is 9.97 Å². The summed E-state index contributed by atoms with van der Waals surface area (Å²) in [6.45, 7) is 6.18. The van der Waals surface area contributed by atoms with Gasteiger partial charge in [-0.3, -0.25) is 10.1 Å². The van der Waals surface area contributed by atoms with Gasteiger partial charge in [-0.2, -0.15) is 0 Å². The van der Waals surface area contributed by atoms with Crippen molar-refractivity contribution in [3.63, 3.8) is 0 Å². The fourth-order valence-corrected chi connectivity index (χ4v) is 5.50. The average molecular weight is 428 g/mol. The standard InChI is InChI=1S/C19H17N5OS3/c1-4-14-23-24-19(28-14)22-16(25)12-7-5-6-8-13(12)27-18-15-10(2)11(3)26-17(15)20-9-21-18/h5-9H,4H2,1-3H3,(H,22,24,25). The van der Waals surface area contributed by atoms with Crippen molar-refractivity contribution in [2.75, 3.05) is 5.32 Å². The highest BCUT2D eigenvalue weighted by Gasteiger charge is 2.18. The number of carbonyl (C=O) groups is 1. The number of nitrogens with zero attached hydrogens (tertiary/aromatic N) is 4. The van der Waals surface area contributed by atoms with Crippen molar-refractivity contribution in [2.24, 2.45) is 0 Å². The van der Waals surface area contributed by atoms with Crippen LogP contribution in [-0.2, 0) is 6.42 Å². The third-order valence-electron chi connectivity index (χ3n) is 4.26. The lowest BCUT2D eigenvalue weighted by atomic mass is 10.2. The zero-order valence-corrected chi connectivity index (χ0v) is 18.0. The van der Waals surface area contributed by atoms with Gasteiger partial charge < -0.3 is 0 Å². The third-order valence-corrected chi connectivity index (χ3v) is 7.44. The maximum Gasteiger partial charge on any atom is 0.258 e. The number of hydrogen-bond acceptors (Lipinski definition) is 8. The fraction of sp³-hybridized carbons (Fsp3) is 0.211. The molecular formula is C19H17N5OS3. The van der Waals surface area contributed by atoms with Crippen LogP contribution in [0.5, 0.6) is 0 Å². The Hall–Kier alpha value is -2.36. The van der Waals surface area contributed by atoms with Crippen molar-refractivity contribution in [3.8, 4) is 0 Å². The number of thiophene rings is 1. The highest BCUT2D eigenvalue weighted by atomic mass is 32.2. The summed E-state index contributed by atoms with van der Waals surface area (Å²) in [7, 11) is 0. The molecule has 3 aromatic heterocycles. The Morgan fingerprint density at radius 3 is 2.75 bits per heavy atom. The first-order valence-corrected chi connectivity index (χ1v) is 11.1. The van der Waals surface area contributed by atoms with Gasteiger partial charge in [0.15, 0.2) is 0 Å². The van der Waals surface area contributed by atoms with Gasteiger partial charge in [-0.1, -0.05) is 42.2 Å².